The van der Waals surface area contributed by atoms with E-state index in [4.69, 9.17) is 5.73 Å². The minimum atomic E-state index is -0.245. The van der Waals surface area contributed by atoms with E-state index in [1.807, 2.05) is 6.07 Å². The zero-order valence-electron chi connectivity index (χ0n) is 12.7. The van der Waals surface area contributed by atoms with Crippen molar-refractivity contribution in [3.8, 4) is 0 Å². The Bertz CT molecular complexity index is 587. The van der Waals surface area contributed by atoms with Crippen molar-refractivity contribution >= 4 is 11.0 Å². The zero-order valence-corrected chi connectivity index (χ0v) is 12.7. The summed E-state index contributed by atoms with van der Waals surface area (Å²) in [5.74, 6) is 1.51. The predicted molar refractivity (Wildman–Crippen MR) is 81.3 cm³/mol. The topological polar surface area (TPSA) is 43.8 Å². The smallest absolute Gasteiger partial charge is 0.125 e. The maximum atomic E-state index is 13.4. The van der Waals surface area contributed by atoms with E-state index in [0.29, 0.717) is 12.5 Å². The van der Waals surface area contributed by atoms with Crippen LogP contribution in [-0.4, -0.2) is 16.1 Å². The first-order valence-electron chi connectivity index (χ1n) is 7.31. The molecule has 3 nitrogen and oxygen atoms in total. The van der Waals surface area contributed by atoms with E-state index in [2.05, 4.69) is 37.2 Å². The minimum Gasteiger partial charge on any atom is -0.330 e. The van der Waals surface area contributed by atoms with Crippen molar-refractivity contribution in [2.45, 2.75) is 46.1 Å². The largest absolute Gasteiger partial charge is 0.330 e. The molecule has 0 saturated carbocycles. The van der Waals surface area contributed by atoms with Gasteiger partial charge in [-0.05, 0) is 38.3 Å². The van der Waals surface area contributed by atoms with Gasteiger partial charge in [0.1, 0.15) is 11.6 Å². The number of fused-ring (bicyclic) bond motifs is 1. The lowest BCUT2D eigenvalue weighted by Gasteiger charge is -2.21. The summed E-state index contributed by atoms with van der Waals surface area (Å²) in [6.45, 7) is 9.18. The van der Waals surface area contributed by atoms with Crippen molar-refractivity contribution in [1.29, 1.82) is 0 Å². The fraction of sp³-hybridized carbons (Fsp3) is 0.562. The SMILES string of the molecule is CC(C)CC(CN)c1nc2cc(F)ccc2n1C(C)C. The second kappa shape index (κ2) is 5.92. The molecule has 1 atom stereocenters. The van der Waals surface area contributed by atoms with Crippen molar-refractivity contribution < 1.29 is 4.39 Å². The number of imidazole rings is 1. The molecule has 0 amide bonds. The fourth-order valence-corrected chi connectivity index (χ4v) is 2.80. The molecule has 1 aromatic heterocycles. The molecule has 110 valence electrons. The number of nitrogens with zero attached hydrogens (tertiary/aromatic N) is 2. The van der Waals surface area contributed by atoms with Crippen molar-refractivity contribution in [1.82, 2.24) is 9.55 Å². The minimum absolute atomic E-state index is 0.216. The summed E-state index contributed by atoms with van der Waals surface area (Å²) in [7, 11) is 0. The number of benzene rings is 1. The Kier molecular flexibility index (Phi) is 4.43. The number of hydrogen-bond donors (Lipinski definition) is 1. The lowest BCUT2D eigenvalue weighted by molar-refractivity contribution is 0.459. The maximum Gasteiger partial charge on any atom is 0.125 e. The van der Waals surface area contributed by atoms with Gasteiger partial charge in [0.2, 0.25) is 0 Å². The fourth-order valence-electron chi connectivity index (χ4n) is 2.80. The molecule has 2 N–H and O–H groups in total. The highest BCUT2D eigenvalue weighted by Gasteiger charge is 2.21. The van der Waals surface area contributed by atoms with Crippen molar-refractivity contribution in [3.05, 3.63) is 29.8 Å². The summed E-state index contributed by atoms with van der Waals surface area (Å²) in [5, 5.41) is 0. The van der Waals surface area contributed by atoms with E-state index in [-0.39, 0.29) is 17.8 Å². The molecule has 0 aliphatic heterocycles. The van der Waals surface area contributed by atoms with Crippen molar-refractivity contribution in [2.24, 2.45) is 11.7 Å². The second-order valence-electron chi connectivity index (χ2n) is 6.13. The Balaban J connectivity index is 2.58. The third-order valence-electron chi connectivity index (χ3n) is 3.60. The molecule has 2 aromatic rings. The van der Waals surface area contributed by atoms with Crippen molar-refractivity contribution in [3.63, 3.8) is 0 Å². The Labute approximate surface area is 120 Å². The van der Waals surface area contributed by atoms with Crippen LogP contribution >= 0.6 is 0 Å². The van der Waals surface area contributed by atoms with Gasteiger partial charge < -0.3 is 10.3 Å². The van der Waals surface area contributed by atoms with E-state index < -0.39 is 0 Å². The van der Waals surface area contributed by atoms with Crippen molar-refractivity contribution in [2.75, 3.05) is 6.54 Å². The summed E-state index contributed by atoms with van der Waals surface area (Å²) in [5.41, 5.74) is 7.65. The van der Waals surface area contributed by atoms with E-state index in [1.165, 1.54) is 12.1 Å². The van der Waals surface area contributed by atoms with Crippen LogP contribution in [-0.2, 0) is 0 Å². The first-order chi connectivity index (χ1) is 9.43. The molecule has 20 heavy (non-hydrogen) atoms. The number of rotatable bonds is 5. The van der Waals surface area contributed by atoms with Gasteiger partial charge in [-0.2, -0.15) is 0 Å². The summed E-state index contributed by atoms with van der Waals surface area (Å²) >= 11 is 0. The molecular weight excluding hydrogens is 253 g/mol. The van der Waals surface area contributed by atoms with Crippen LogP contribution in [0.5, 0.6) is 0 Å². The normalized spacial score (nSPS) is 13.6. The van der Waals surface area contributed by atoms with Crippen LogP contribution in [0.2, 0.25) is 0 Å². The first-order valence-corrected chi connectivity index (χ1v) is 7.31. The van der Waals surface area contributed by atoms with E-state index in [1.54, 1.807) is 0 Å². The zero-order chi connectivity index (χ0) is 14.9. The Hall–Kier alpha value is -1.42. The highest BCUT2D eigenvalue weighted by atomic mass is 19.1. The molecule has 0 aliphatic carbocycles. The van der Waals surface area contributed by atoms with Gasteiger partial charge in [-0.1, -0.05) is 13.8 Å². The number of aromatic nitrogens is 2. The molecule has 1 heterocycles. The number of nitrogens with two attached hydrogens (primary N) is 1. The van der Waals surface area contributed by atoms with Gasteiger partial charge in [0.05, 0.1) is 11.0 Å². The molecule has 1 unspecified atom stereocenters. The molecule has 0 saturated heterocycles. The number of hydrogen-bond acceptors (Lipinski definition) is 2. The van der Waals surface area contributed by atoms with Gasteiger partial charge in [0.15, 0.2) is 0 Å². The quantitative estimate of drug-likeness (QED) is 0.902. The molecule has 0 bridgehead atoms. The van der Waals surface area contributed by atoms with Gasteiger partial charge in [0, 0.05) is 24.6 Å². The third kappa shape index (κ3) is 2.85. The summed E-state index contributed by atoms with van der Waals surface area (Å²) in [6.07, 6.45) is 0.995. The average molecular weight is 277 g/mol. The highest BCUT2D eigenvalue weighted by molar-refractivity contribution is 5.76. The third-order valence-corrected chi connectivity index (χ3v) is 3.60. The Morgan fingerprint density at radius 2 is 1.95 bits per heavy atom. The average Bonchev–Trinajstić information content (AvgIpc) is 2.73. The molecular formula is C16H24FN3. The summed E-state index contributed by atoms with van der Waals surface area (Å²) in [4.78, 5) is 4.66. The van der Waals surface area contributed by atoms with Crippen LogP contribution < -0.4 is 5.73 Å². The van der Waals surface area contributed by atoms with Gasteiger partial charge in [0.25, 0.3) is 0 Å². The predicted octanol–water partition coefficient (Wildman–Crippen LogP) is 3.84. The van der Waals surface area contributed by atoms with Crippen LogP contribution in [0.25, 0.3) is 11.0 Å². The maximum absolute atomic E-state index is 13.4. The van der Waals surface area contributed by atoms with Crippen LogP contribution in [0.3, 0.4) is 0 Å². The molecule has 0 fully saturated rings. The lowest BCUT2D eigenvalue weighted by Crippen LogP contribution is -2.20. The highest BCUT2D eigenvalue weighted by Crippen LogP contribution is 2.29. The second-order valence-corrected chi connectivity index (χ2v) is 6.13. The van der Waals surface area contributed by atoms with Crippen LogP contribution in [0.1, 0.15) is 51.9 Å². The summed E-state index contributed by atoms with van der Waals surface area (Å²) < 4.78 is 15.6. The molecule has 4 heteroatoms. The molecule has 1 aromatic carbocycles. The molecule has 0 spiro atoms. The first kappa shape index (κ1) is 15.0. The van der Waals surface area contributed by atoms with Crippen LogP contribution in [0.15, 0.2) is 18.2 Å². The van der Waals surface area contributed by atoms with Gasteiger partial charge in [-0.15, -0.1) is 0 Å². The van der Waals surface area contributed by atoms with Gasteiger partial charge in [-0.3, -0.25) is 0 Å². The van der Waals surface area contributed by atoms with E-state index >= 15 is 0 Å². The van der Waals surface area contributed by atoms with E-state index in [9.17, 15) is 4.39 Å². The molecule has 0 radical (unpaired) electrons. The number of halogens is 1. The Morgan fingerprint density at radius 1 is 1.25 bits per heavy atom. The molecule has 0 aliphatic rings. The van der Waals surface area contributed by atoms with Gasteiger partial charge >= 0.3 is 0 Å². The molecule has 2 rings (SSSR count). The van der Waals surface area contributed by atoms with E-state index in [0.717, 1.165) is 23.3 Å². The van der Waals surface area contributed by atoms with Crippen LogP contribution in [0.4, 0.5) is 4.39 Å². The van der Waals surface area contributed by atoms with Crippen LogP contribution in [0, 0.1) is 11.7 Å². The monoisotopic (exact) mass is 277 g/mol. The lowest BCUT2D eigenvalue weighted by atomic mass is 9.96. The Morgan fingerprint density at radius 3 is 2.50 bits per heavy atom. The van der Waals surface area contributed by atoms with Gasteiger partial charge in [-0.25, -0.2) is 9.37 Å². The summed E-state index contributed by atoms with van der Waals surface area (Å²) in [6, 6.07) is 5.08. The standard InChI is InChI=1S/C16H24FN3/c1-10(2)7-12(9-18)16-19-14-8-13(17)5-6-15(14)20(16)11(3)4/h5-6,8,10-12H,7,9,18H2,1-4H3.